The van der Waals surface area contributed by atoms with Gasteiger partial charge in [-0.15, -0.1) is 0 Å². The number of pyridine rings is 1. The number of aromatic nitrogens is 3. The Hall–Kier alpha value is -1.31. The van der Waals surface area contributed by atoms with E-state index in [2.05, 4.69) is 31.1 Å². The molecule has 1 atom stereocenters. The number of nitrogens with zero attached hydrogens (tertiary/aromatic N) is 3. The van der Waals surface area contributed by atoms with Gasteiger partial charge in [-0.2, -0.15) is 4.98 Å². The summed E-state index contributed by atoms with van der Waals surface area (Å²) in [5.41, 5.74) is 6.25. The quantitative estimate of drug-likeness (QED) is 0.869. The van der Waals surface area contributed by atoms with Crippen molar-refractivity contribution in [1.82, 2.24) is 15.1 Å². The zero-order chi connectivity index (χ0) is 11.5. The van der Waals surface area contributed by atoms with Gasteiger partial charge in [0.25, 0.3) is 5.89 Å². The van der Waals surface area contributed by atoms with Gasteiger partial charge in [-0.3, -0.25) is 4.98 Å². The first kappa shape index (κ1) is 11.2. The third-order valence-electron chi connectivity index (χ3n) is 1.92. The lowest BCUT2D eigenvalue weighted by atomic mass is 10.3. The lowest BCUT2D eigenvalue weighted by Gasteiger charge is -1.98. The average molecular weight is 285 g/mol. The molecule has 2 rings (SSSR count). The van der Waals surface area contributed by atoms with Crippen molar-refractivity contribution in [3.05, 3.63) is 28.8 Å². The molecule has 0 aliphatic carbocycles. The first-order valence-electron chi connectivity index (χ1n) is 4.51. The number of nitrogens with two attached hydrogens (primary N) is 1. The average Bonchev–Trinajstić information content (AvgIpc) is 2.77. The second-order valence-electron chi connectivity index (χ2n) is 3.14. The van der Waals surface area contributed by atoms with Gasteiger partial charge >= 0.3 is 0 Å². The molecule has 0 saturated carbocycles. The molecule has 0 aliphatic heterocycles. The molecule has 0 radical (unpaired) electrons. The third-order valence-corrected chi connectivity index (χ3v) is 2.36. The van der Waals surface area contributed by atoms with Crippen LogP contribution in [0.1, 0.15) is 11.9 Å². The Morgan fingerprint density at radius 1 is 1.50 bits per heavy atom. The number of rotatable bonds is 3. The van der Waals surface area contributed by atoms with Gasteiger partial charge < -0.3 is 15.4 Å². The summed E-state index contributed by atoms with van der Waals surface area (Å²) >= 11 is 3.29. The van der Waals surface area contributed by atoms with E-state index in [1.807, 2.05) is 0 Å². The minimum absolute atomic E-state index is 0.226. The minimum atomic E-state index is -0.627. The van der Waals surface area contributed by atoms with E-state index in [1.165, 1.54) is 0 Å². The van der Waals surface area contributed by atoms with Crippen LogP contribution in [0.4, 0.5) is 0 Å². The van der Waals surface area contributed by atoms with E-state index >= 15 is 0 Å². The topological polar surface area (TPSA) is 98.1 Å². The SMILES string of the molecule is NC(CO)c1noc(-c2cncc(Br)c2)n1. The zero-order valence-electron chi connectivity index (χ0n) is 8.17. The molecule has 0 aromatic carbocycles. The van der Waals surface area contributed by atoms with Crippen molar-refractivity contribution in [2.24, 2.45) is 5.73 Å². The van der Waals surface area contributed by atoms with Crippen LogP contribution in [0.15, 0.2) is 27.5 Å². The van der Waals surface area contributed by atoms with Crippen molar-refractivity contribution in [3.8, 4) is 11.5 Å². The predicted octanol–water partition coefficient (Wildman–Crippen LogP) is 0.886. The summed E-state index contributed by atoms with van der Waals surface area (Å²) in [6.07, 6.45) is 3.26. The first-order chi connectivity index (χ1) is 7.70. The molecule has 0 aliphatic rings. The Labute approximate surface area is 99.6 Å². The number of aliphatic hydroxyl groups is 1. The first-order valence-corrected chi connectivity index (χ1v) is 5.31. The Morgan fingerprint density at radius 3 is 3.00 bits per heavy atom. The molecule has 0 bridgehead atoms. The largest absolute Gasteiger partial charge is 0.394 e. The number of aliphatic hydroxyl groups excluding tert-OH is 1. The monoisotopic (exact) mass is 284 g/mol. The van der Waals surface area contributed by atoms with Crippen LogP contribution in [0.5, 0.6) is 0 Å². The standard InChI is InChI=1S/C9H9BrN4O2/c10-6-1-5(2-12-3-6)9-13-8(14-16-9)7(11)4-15/h1-3,7,15H,4,11H2. The zero-order valence-corrected chi connectivity index (χ0v) is 9.75. The predicted molar refractivity (Wildman–Crippen MR) is 59.2 cm³/mol. The maximum Gasteiger partial charge on any atom is 0.259 e. The summed E-state index contributed by atoms with van der Waals surface area (Å²) in [5.74, 6) is 0.602. The molecule has 1 unspecified atom stereocenters. The molecule has 84 valence electrons. The second-order valence-corrected chi connectivity index (χ2v) is 4.05. The molecular weight excluding hydrogens is 276 g/mol. The summed E-state index contributed by atoms with van der Waals surface area (Å²) in [6.45, 7) is -0.226. The summed E-state index contributed by atoms with van der Waals surface area (Å²) in [7, 11) is 0. The van der Waals surface area contributed by atoms with Crippen LogP contribution in [0.25, 0.3) is 11.5 Å². The highest BCUT2D eigenvalue weighted by Crippen LogP contribution is 2.20. The summed E-state index contributed by atoms with van der Waals surface area (Å²) < 4.78 is 5.83. The molecule has 0 amide bonds. The van der Waals surface area contributed by atoms with E-state index < -0.39 is 6.04 Å². The molecular formula is C9H9BrN4O2. The van der Waals surface area contributed by atoms with E-state index in [-0.39, 0.29) is 12.4 Å². The molecule has 2 aromatic heterocycles. The Morgan fingerprint density at radius 2 is 2.31 bits per heavy atom. The van der Waals surface area contributed by atoms with Gasteiger partial charge in [-0.05, 0) is 22.0 Å². The van der Waals surface area contributed by atoms with E-state index in [4.69, 9.17) is 15.4 Å². The fourth-order valence-electron chi connectivity index (χ4n) is 1.11. The van der Waals surface area contributed by atoms with Crippen molar-refractivity contribution in [3.63, 3.8) is 0 Å². The van der Waals surface area contributed by atoms with Crippen LogP contribution in [0.3, 0.4) is 0 Å². The van der Waals surface area contributed by atoms with Gasteiger partial charge in [0.2, 0.25) is 0 Å². The van der Waals surface area contributed by atoms with Crippen molar-refractivity contribution >= 4 is 15.9 Å². The van der Waals surface area contributed by atoms with Gasteiger partial charge in [0.05, 0.1) is 18.2 Å². The maximum absolute atomic E-state index is 8.85. The van der Waals surface area contributed by atoms with Crippen LogP contribution in [0, 0.1) is 0 Å². The molecule has 16 heavy (non-hydrogen) atoms. The maximum atomic E-state index is 8.85. The van der Waals surface area contributed by atoms with Gasteiger partial charge in [-0.1, -0.05) is 5.16 Å². The van der Waals surface area contributed by atoms with Crippen LogP contribution in [-0.2, 0) is 0 Å². The highest BCUT2D eigenvalue weighted by molar-refractivity contribution is 9.10. The smallest absolute Gasteiger partial charge is 0.259 e. The molecule has 2 aromatic rings. The minimum Gasteiger partial charge on any atom is -0.394 e. The molecule has 0 fully saturated rings. The van der Waals surface area contributed by atoms with E-state index in [1.54, 1.807) is 18.5 Å². The third kappa shape index (κ3) is 2.26. The Bertz CT molecular complexity index is 488. The number of halogens is 1. The van der Waals surface area contributed by atoms with Crippen LogP contribution in [-0.4, -0.2) is 26.8 Å². The number of hydrogen-bond acceptors (Lipinski definition) is 6. The van der Waals surface area contributed by atoms with E-state index in [0.717, 1.165) is 4.47 Å². The molecule has 0 spiro atoms. The van der Waals surface area contributed by atoms with Gasteiger partial charge in [0, 0.05) is 16.9 Å². The normalized spacial score (nSPS) is 12.7. The van der Waals surface area contributed by atoms with Crippen LogP contribution >= 0.6 is 15.9 Å². The second kappa shape index (κ2) is 4.69. The van der Waals surface area contributed by atoms with E-state index in [0.29, 0.717) is 11.5 Å². The van der Waals surface area contributed by atoms with Gasteiger partial charge in [0.15, 0.2) is 5.82 Å². The number of hydrogen-bond donors (Lipinski definition) is 2. The molecule has 3 N–H and O–H groups in total. The molecule has 7 heteroatoms. The lowest BCUT2D eigenvalue weighted by molar-refractivity contribution is 0.260. The van der Waals surface area contributed by atoms with E-state index in [9.17, 15) is 0 Å². The Kier molecular flexibility index (Phi) is 3.28. The van der Waals surface area contributed by atoms with Crippen molar-refractivity contribution < 1.29 is 9.63 Å². The van der Waals surface area contributed by atoms with Crippen molar-refractivity contribution in [1.29, 1.82) is 0 Å². The van der Waals surface area contributed by atoms with Gasteiger partial charge in [0.1, 0.15) is 0 Å². The highest BCUT2D eigenvalue weighted by Gasteiger charge is 2.14. The van der Waals surface area contributed by atoms with Crippen LogP contribution in [0.2, 0.25) is 0 Å². The van der Waals surface area contributed by atoms with Crippen molar-refractivity contribution in [2.45, 2.75) is 6.04 Å². The lowest BCUT2D eigenvalue weighted by Crippen LogP contribution is -2.15. The highest BCUT2D eigenvalue weighted by atomic mass is 79.9. The summed E-state index contributed by atoms with van der Waals surface area (Å²) in [4.78, 5) is 8.05. The fourth-order valence-corrected chi connectivity index (χ4v) is 1.48. The summed E-state index contributed by atoms with van der Waals surface area (Å²) in [5, 5.41) is 12.5. The van der Waals surface area contributed by atoms with Crippen molar-refractivity contribution in [2.75, 3.05) is 6.61 Å². The molecule has 6 nitrogen and oxygen atoms in total. The fraction of sp³-hybridized carbons (Fsp3) is 0.222. The Balaban J connectivity index is 2.31. The molecule has 0 saturated heterocycles. The summed E-state index contributed by atoms with van der Waals surface area (Å²) in [6, 6.07) is 1.17. The van der Waals surface area contributed by atoms with Gasteiger partial charge in [-0.25, -0.2) is 0 Å². The molecule has 2 heterocycles. The van der Waals surface area contributed by atoms with Crippen LogP contribution < -0.4 is 5.73 Å².